The van der Waals surface area contributed by atoms with E-state index in [1.807, 2.05) is 26.8 Å². The van der Waals surface area contributed by atoms with Crippen LogP contribution in [0.1, 0.15) is 53.9 Å². The van der Waals surface area contributed by atoms with Crippen LogP contribution >= 0.6 is 0 Å². The van der Waals surface area contributed by atoms with E-state index in [-0.39, 0.29) is 24.0 Å². The molecule has 0 saturated carbocycles. The summed E-state index contributed by atoms with van der Waals surface area (Å²) in [6.07, 6.45) is 5.27. The largest absolute Gasteiger partial charge is 0.462 e. The summed E-state index contributed by atoms with van der Waals surface area (Å²) in [6.45, 7) is 9.74. The highest BCUT2D eigenvalue weighted by Gasteiger charge is 2.30. The lowest BCUT2D eigenvalue weighted by atomic mass is 9.90. The van der Waals surface area contributed by atoms with E-state index in [9.17, 15) is 9.59 Å². The molecule has 1 aliphatic heterocycles. The van der Waals surface area contributed by atoms with E-state index in [1.54, 1.807) is 0 Å². The second kappa shape index (κ2) is 6.91. The molecule has 0 aromatic rings. The molecule has 0 aliphatic carbocycles. The number of carbonyl (C=O) groups is 2. The van der Waals surface area contributed by atoms with Gasteiger partial charge in [-0.1, -0.05) is 19.9 Å². The van der Waals surface area contributed by atoms with Crippen LogP contribution in [0.15, 0.2) is 12.2 Å². The third-order valence-corrected chi connectivity index (χ3v) is 3.02. The van der Waals surface area contributed by atoms with Gasteiger partial charge < -0.3 is 9.47 Å². The fourth-order valence-corrected chi connectivity index (χ4v) is 2.28. The van der Waals surface area contributed by atoms with E-state index in [1.165, 1.54) is 6.08 Å². The zero-order chi connectivity index (χ0) is 15.3. The summed E-state index contributed by atoms with van der Waals surface area (Å²) in [5, 5.41) is 0. The predicted octanol–water partition coefficient (Wildman–Crippen LogP) is 3.25. The van der Waals surface area contributed by atoms with Crippen molar-refractivity contribution in [2.24, 2.45) is 11.8 Å². The summed E-state index contributed by atoms with van der Waals surface area (Å²) in [5.74, 6) is 0.0570. The van der Waals surface area contributed by atoms with Gasteiger partial charge in [-0.05, 0) is 39.5 Å². The van der Waals surface area contributed by atoms with Crippen LogP contribution in [0, 0.1) is 11.8 Å². The first kappa shape index (κ1) is 16.7. The summed E-state index contributed by atoms with van der Waals surface area (Å²) in [7, 11) is 0. The molecule has 0 bridgehead atoms. The molecule has 1 aliphatic rings. The van der Waals surface area contributed by atoms with Crippen LogP contribution in [0.5, 0.6) is 0 Å². The van der Waals surface area contributed by atoms with Gasteiger partial charge in [0.25, 0.3) is 0 Å². The van der Waals surface area contributed by atoms with Gasteiger partial charge in [-0.3, -0.25) is 4.79 Å². The van der Waals surface area contributed by atoms with Crippen LogP contribution in [0.2, 0.25) is 0 Å². The minimum atomic E-state index is -0.491. The van der Waals surface area contributed by atoms with Gasteiger partial charge in [-0.15, -0.1) is 0 Å². The Hall–Kier alpha value is -1.32. The van der Waals surface area contributed by atoms with Crippen molar-refractivity contribution < 1.29 is 19.1 Å². The zero-order valence-corrected chi connectivity index (χ0v) is 13.1. The van der Waals surface area contributed by atoms with Crippen molar-refractivity contribution >= 4 is 11.9 Å². The van der Waals surface area contributed by atoms with Gasteiger partial charge in [-0.2, -0.15) is 0 Å². The monoisotopic (exact) mass is 282 g/mol. The van der Waals surface area contributed by atoms with Crippen molar-refractivity contribution in [2.45, 2.75) is 65.6 Å². The molecule has 1 saturated heterocycles. The standard InChI is InChI=1S/C16H26O4/c1-11(2)10-12(13-7-9-14(17)19-13)6-8-15(18)20-16(3,4)5/h6,8,11-13H,7,9-10H2,1-5H3/b8-6+/t12?,13-/m0/s1. The van der Waals surface area contributed by atoms with Crippen molar-refractivity contribution in [1.82, 2.24) is 0 Å². The van der Waals surface area contributed by atoms with E-state index in [0.717, 1.165) is 12.8 Å². The topological polar surface area (TPSA) is 52.6 Å². The highest BCUT2D eigenvalue weighted by atomic mass is 16.6. The quantitative estimate of drug-likeness (QED) is 0.573. The highest BCUT2D eigenvalue weighted by molar-refractivity contribution is 5.82. The molecule has 20 heavy (non-hydrogen) atoms. The lowest BCUT2D eigenvalue weighted by Crippen LogP contribution is -2.24. The highest BCUT2D eigenvalue weighted by Crippen LogP contribution is 2.27. The second-order valence-corrected chi connectivity index (χ2v) is 6.75. The van der Waals surface area contributed by atoms with Crippen LogP contribution in [-0.4, -0.2) is 23.6 Å². The third kappa shape index (κ3) is 6.22. The molecule has 0 radical (unpaired) electrons. The molecular formula is C16H26O4. The smallest absolute Gasteiger partial charge is 0.330 e. The SMILES string of the molecule is CC(C)CC(/C=C/C(=O)OC(C)(C)C)[C@@H]1CCC(=O)O1. The van der Waals surface area contributed by atoms with E-state index in [2.05, 4.69) is 13.8 Å². The maximum atomic E-state index is 11.7. The van der Waals surface area contributed by atoms with Crippen LogP contribution in [0.4, 0.5) is 0 Å². The fraction of sp³-hybridized carbons (Fsp3) is 0.750. The predicted molar refractivity (Wildman–Crippen MR) is 77.0 cm³/mol. The fourth-order valence-electron chi connectivity index (χ4n) is 2.28. The molecule has 114 valence electrons. The van der Waals surface area contributed by atoms with Gasteiger partial charge in [0, 0.05) is 18.4 Å². The van der Waals surface area contributed by atoms with E-state index in [4.69, 9.17) is 9.47 Å². The molecule has 0 N–H and O–H groups in total. The summed E-state index contributed by atoms with van der Waals surface area (Å²) >= 11 is 0. The number of ether oxygens (including phenoxy) is 2. The average molecular weight is 282 g/mol. The molecule has 2 atom stereocenters. The number of hydrogen-bond donors (Lipinski definition) is 0. The van der Waals surface area contributed by atoms with E-state index < -0.39 is 5.60 Å². The summed E-state index contributed by atoms with van der Waals surface area (Å²) in [4.78, 5) is 22.9. The van der Waals surface area contributed by atoms with Crippen molar-refractivity contribution in [3.63, 3.8) is 0 Å². The molecule has 1 heterocycles. The molecule has 1 fully saturated rings. The molecule has 4 heteroatoms. The first-order valence-electron chi connectivity index (χ1n) is 7.28. The van der Waals surface area contributed by atoms with Gasteiger partial charge in [0.15, 0.2) is 0 Å². The van der Waals surface area contributed by atoms with Crippen LogP contribution in [0.25, 0.3) is 0 Å². The molecule has 0 aromatic heterocycles. The van der Waals surface area contributed by atoms with Gasteiger partial charge in [-0.25, -0.2) is 4.79 Å². The van der Waals surface area contributed by atoms with Crippen molar-refractivity contribution in [1.29, 1.82) is 0 Å². The average Bonchev–Trinajstić information content (AvgIpc) is 2.68. The Balaban J connectivity index is 2.64. The number of hydrogen-bond acceptors (Lipinski definition) is 4. The summed E-state index contributed by atoms with van der Waals surface area (Å²) < 4.78 is 10.6. The number of carbonyl (C=O) groups excluding carboxylic acids is 2. The van der Waals surface area contributed by atoms with Gasteiger partial charge in [0.1, 0.15) is 11.7 Å². The minimum absolute atomic E-state index is 0.0777. The third-order valence-electron chi connectivity index (χ3n) is 3.02. The Labute approximate surface area is 121 Å². The van der Waals surface area contributed by atoms with Crippen LogP contribution in [-0.2, 0) is 19.1 Å². The summed E-state index contributed by atoms with van der Waals surface area (Å²) in [5.41, 5.74) is -0.491. The second-order valence-electron chi connectivity index (χ2n) is 6.75. The van der Waals surface area contributed by atoms with Gasteiger partial charge >= 0.3 is 11.9 Å². The van der Waals surface area contributed by atoms with Crippen molar-refractivity contribution in [3.8, 4) is 0 Å². The minimum Gasteiger partial charge on any atom is -0.462 e. The normalized spacial score (nSPS) is 21.3. The van der Waals surface area contributed by atoms with E-state index in [0.29, 0.717) is 12.3 Å². The Kier molecular flexibility index (Phi) is 5.78. The van der Waals surface area contributed by atoms with Gasteiger partial charge in [0.05, 0.1) is 0 Å². The molecule has 0 amide bonds. The Morgan fingerprint density at radius 1 is 1.45 bits per heavy atom. The van der Waals surface area contributed by atoms with Crippen molar-refractivity contribution in [3.05, 3.63) is 12.2 Å². The maximum Gasteiger partial charge on any atom is 0.330 e. The summed E-state index contributed by atoms with van der Waals surface area (Å²) in [6, 6.07) is 0. The molecule has 4 nitrogen and oxygen atoms in total. The van der Waals surface area contributed by atoms with E-state index >= 15 is 0 Å². The van der Waals surface area contributed by atoms with Gasteiger partial charge in [0.2, 0.25) is 0 Å². The maximum absolute atomic E-state index is 11.7. The molecule has 1 rings (SSSR count). The Morgan fingerprint density at radius 2 is 2.10 bits per heavy atom. The molecule has 0 aromatic carbocycles. The Morgan fingerprint density at radius 3 is 2.55 bits per heavy atom. The number of esters is 2. The molecular weight excluding hydrogens is 256 g/mol. The number of cyclic esters (lactones) is 1. The lowest BCUT2D eigenvalue weighted by Gasteiger charge is -2.21. The lowest BCUT2D eigenvalue weighted by molar-refractivity contribution is -0.148. The van der Waals surface area contributed by atoms with Crippen LogP contribution < -0.4 is 0 Å². The Bertz CT molecular complexity index is 376. The number of rotatable bonds is 5. The van der Waals surface area contributed by atoms with Crippen LogP contribution in [0.3, 0.4) is 0 Å². The first-order valence-corrected chi connectivity index (χ1v) is 7.28. The first-order chi connectivity index (χ1) is 9.17. The molecule has 0 spiro atoms. The van der Waals surface area contributed by atoms with Crippen molar-refractivity contribution in [2.75, 3.05) is 0 Å². The molecule has 1 unspecified atom stereocenters. The zero-order valence-electron chi connectivity index (χ0n) is 13.1.